The smallest absolute Gasteiger partial charge is 0.232 e. The molecule has 3 aromatic carbocycles. The van der Waals surface area contributed by atoms with Crippen molar-refractivity contribution in [2.24, 2.45) is 5.41 Å². The van der Waals surface area contributed by atoms with Crippen molar-refractivity contribution < 1.29 is 14.3 Å². The molecule has 0 bridgehead atoms. The highest BCUT2D eigenvalue weighted by atomic mass is 79.9. The maximum atomic E-state index is 15.1. The molecule has 2 aliphatic heterocycles. The number of ether oxygens (including phenoxy) is 2. The number of halogens is 1. The molecule has 4 atom stereocenters. The van der Waals surface area contributed by atoms with E-state index in [0.29, 0.717) is 25.9 Å². The van der Waals surface area contributed by atoms with E-state index in [-0.39, 0.29) is 23.6 Å². The third-order valence-corrected chi connectivity index (χ3v) is 10.2. The van der Waals surface area contributed by atoms with Gasteiger partial charge in [0.1, 0.15) is 17.0 Å². The molecule has 3 aliphatic rings. The summed E-state index contributed by atoms with van der Waals surface area (Å²) in [4.78, 5) is 17.2. The Morgan fingerprint density at radius 3 is 2.60 bits per heavy atom. The average molecular weight is 630 g/mol. The summed E-state index contributed by atoms with van der Waals surface area (Å²) < 4.78 is 15.9. The average Bonchev–Trinajstić information content (AvgIpc) is 3.63. The summed E-state index contributed by atoms with van der Waals surface area (Å²) in [7, 11) is 0. The highest BCUT2D eigenvalue weighted by Gasteiger charge is 2.62. The van der Waals surface area contributed by atoms with E-state index < -0.39 is 11.1 Å². The standard InChI is InChI=1S/C34H37BrN4O3/c1-32(2,3)39-27-15-14-26(35)25(29(27)36-37-39)21-34(18-19-41-23-11-6-5-7-12-23)17-16-33(4)38(31(34)40)30-24-13-9-8-10-22(24)20-28(30)42-33/h5-15,28,30H,16-21H2,1-4H3/t28-,30+,33-,34+/m0/s1. The van der Waals surface area contributed by atoms with Crippen LogP contribution >= 0.6 is 15.9 Å². The molecule has 0 N–H and O–H groups in total. The van der Waals surface area contributed by atoms with Gasteiger partial charge >= 0.3 is 0 Å². The summed E-state index contributed by atoms with van der Waals surface area (Å²) >= 11 is 3.83. The van der Waals surface area contributed by atoms with E-state index in [0.717, 1.165) is 39.7 Å². The van der Waals surface area contributed by atoms with Crippen LogP contribution in [0.2, 0.25) is 0 Å². The molecule has 218 valence electrons. The Kier molecular flexibility index (Phi) is 6.51. The van der Waals surface area contributed by atoms with Crippen molar-refractivity contribution in [1.82, 2.24) is 19.9 Å². The molecule has 1 aromatic heterocycles. The number of hydrogen-bond donors (Lipinski definition) is 0. The van der Waals surface area contributed by atoms with Crippen LogP contribution in [-0.2, 0) is 27.9 Å². The van der Waals surface area contributed by atoms with Gasteiger partial charge in [0.25, 0.3) is 0 Å². The Bertz CT molecular complexity index is 1660. The number of amides is 1. The third-order valence-electron chi connectivity index (χ3n) is 9.49. The number of nitrogens with zero attached hydrogens (tertiary/aromatic N) is 4. The molecule has 0 radical (unpaired) electrons. The van der Waals surface area contributed by atoms with E-state index in [1.54, 1.807) is 0 Å². The van der Waals surface area contributed by atoms with Gasteiger partial charge in [-0.05, 0) is 94.3 Å². The normalized spacial score (nSPS) is 26.8. The number of benzene rings is 3. The van der Waals surface area contributed by atoms with Crippen molar-refractivity contribution in [2.45, 2.75) is 83.2 Å². The van der Waals surface area contributed by atoms with Crippen LogP contribution in [0, 0.1) is 5.41 Å². The molecule has 2 saturated heterocycles. The van der Waals surface area contributed by atoms with E-state index in [1.165, 1.54) is 11.1 Å². The van der Waals surface area contributed by atoms with Crippen LogP contribution in [0.15, 0.2) is 71.2 Å². The summed E-state index contributed by atoms with van der Waals surface area (Å²) in [5, 5.41) is 9.20. The Morgan fingerprint density at radius 1 is 1.05 bits per heavy atom. The first kappa shape index (κ1) is 27.6. The molecule has 42 heavy (non-hydrogen) atoms. The number of rotatable bonds is 6. The van der Waals surface area contributed by atoms with Crippen LogP contribution in [0.5, 0.6) is 5.75 Å². The molecule has 8 heteroatoms. The molecule has 0 unspecified atom stereocenters. The van der Waals surface area contributed by atoms with E-state index in [4.69, 9.17) is 9.47 Å². The van der Waals surface area contributed by atoms with Crippen LogP contribution < -0.4 is 4.74 Å². The SMILES string of the molecule is CC(C)(C)n1nnc2c(C[C@]3(CCOc4ccccc4)CC[C@]4(C)O[C@H]5Cc6ccccc6[C@H]5N4C3=O)c(Br)ccc21. The van der Waals surface area contributed by atoms with Crippen LogP contribution in [0.1, 0.15) is 69.7 Å². The van der Waals surface area contributed by atoms with Crippen LogP contribution in [0.25, 0.3) is 11.0 Å². The number of carbonyl (C=O) groups excluding carboxylic acids is 1. The summed E-state index contributed by atoms with van der Waals surface area (Å²) in [5.41, 5.74) is 3.78. The molecule has 2 fully saturated rings. The van der Waals surface area contributed by atoms with Gasteiger partial charge < -0.3 is 14.4 Å². The van der Waals surface area contributed by atoms with E-state index in [2.05, 4.69) is 95.2 Å². The van der Waals surface area contributed by atoms with Gasteiger partial charge in [-0.1, -0.05) is 63.6 Å². The lowest BCUT2D eigenvalue weighted by molar-refractivity contribution is -0.178. The van der Waals surface area contributed by atoms with Crippen molar-refractivity contribution in [3.63, 3.8) is 0 Å². The Labute approximate surface area is 255 Å². The van der Waals surface area contributed by atoms with Gasteiger partial charge in [-0.2, -0.15) is 0 Å². The second-order valence-corrected chi connectivity index (χ2v) is 14.1. The summed E-state index contributed by atoms with van der Waals surface area (Å²) in [5.74, 6) is 0.954. The second-order valence-electron chi connectivity index (χ2n) is 13.3. The zero-order chi connectivity index (χ0) is 29.3. The first-order valence-corrected chi connectivity index (χ1v) is 15.7. The summed E-state index contributed by atoms with van der Waals surface area (Å²) in [6.45, 7) is 8.91. The van der Waals surface area contributed by atoms with E-state index in [9.17, 15) is 0 Å². The predicted molar refractivity (Wildman–Crippen MR) is 165 cm³/mol. The van der Waals surface area contributed by atoms with Crippen molar-refractivity contribution in [3.8, 4) is 5.75 Å². The fourth-order valence-corrected chi connectivity index (χ4v) is 7.83. The zero-order valence-electron chi connectivity index (χ0n) is 24.6. The lowest BCUT2D eigenvalue weighted by Gasteiger charge is -2.49. The Morgan fingerprint density at radius 2 is 1.81 bits per heavy atom. The third kappa shape index (κ3) is 4.37. The van der Waals surface area contributed by atoms with Crippen molar-refractivity contribution in [3.05, 3.63) is 87.9 Å². The minimum atomic E-state index is -0.688. The number of aromatic nitrogens is 3. The van der Waals surface area contributed by atoms with Gasteiger partial charge in [0.05, 0.1) is 35.2 Å². The summed E-state index contributed by atoms with van der Waals surface area (Å²) in [6, 6.07) is 22.4. The van der Waals surface area contributed by atoms with Gasteiger partial charge in [0.2, 0.25) is 5.91 Å². The van der Waals surface area contributed by atoms with Crippen molar-refractivity contribution in [1.29, 1.82) is 0 Å². The van der Waals surface area contributed by atoms with Crippen LogP contribution in [-0.4, -0.2) is 44.2 Å². The maximum Gasteiger partial charge on any atom is 0.232 e. The minimum absolute atomic E-state index is 0.0189. The van der Waals surface area contributed by atoms with Gasteiger partial charge in [-0.25, -0.2) is 4.68 Å². The number of fused-ring (bicyclic) bond motifs is 6. The predicted octanol–water partition coefficient (Wildman–Crippen LogP) is 6.98. The Balaban J connectivity index is 1.30. The summed E-state index contributed by atoms with van der Waals surface area (Å²) in [6.07, 6.45) is 3.41. The number of para-hydroxylation sites is 1. The Hall–Kier alpha value is -3.23. The molecule has 4 aromatic rings. The first-order chi connectivity index (χ1) is 20.1. The molecule has 0 saturated carbocycles. The van der Waals surface area contributed by atoms with Gasteiger partial charge in [-0.3, -0.25) is 4.79 Å². The van der Waals surface area contributed by atoms with Crippen LogP contribution in [0.4, 0.5) is 0 Å². The number of hydrogen-bond acceptors (Lipinski definition) is 5. The van der Waals surface area contributed by atoms with Crippen molar-refractivity contribution >= 4 is 32.9 Å². The zero-order valence-corrected chi connectivity index (χ0v) is 26.2. The monoisotopic (exact) mass is 628 g/mol. The molecule has 1 aliphatic carbocycles. The van der Waals surface area contributed by atoms with E-state index >= 15 is 4.79 Å². The molecule has 0 spiro atoms. The minimum Gasteiger partial charge on any atom is -0.494 e. The van der Waals surface area contributed by atoms with Gasteiger partial charge in [-0.15, -0.1) is 5.10 Å². The van der Waals surface area contributed by atoms with Crippen molar-refractivity contribution in [2.75, 3.05) is 6.61 Å². The first-order valence-electron chi connectivity index (χ1n) is 14.9. The molecule has 7 nitrogen and oxygen atoms in total. The molecular weight excluding hydrogens is 592 g/mol. The quantitative estimate of drug-likeness (QED) is 0.230. The molecule has 1 amide bonds. The fraction of sp³-hybridized carbons (Fsp3) is 0.441. The molecule has 7 rings (SSSR count). The highest BCUT2D eigenvalue weighted by Crippen LogP contribution is 2.56. The number of piperidine rings is 1. The van der Waals surface area contributed by atoms with Gasteiger partial charge in [0.15, 0.2) is 0 Å². The lowest BCUT2D eigenvalue weighted by Crippen LogP contribution is -2.58. The van der Waals surface area contributed by atoms with Crippen LogP contribution in [0.3, 0.4) is 0 Å². The maximum absolute atomic E-state index is 15.1. The largest absolute Gasteiger partial charge is 0.494 e. The second kappa shape index (κ2) is 9.91. The topological polar surface area (TPSA) is 69.5 Å². The van der Waals surface area contributed by atoms with E-state index in [1.807, 2.05) is 35.0 Å². The highest BCUT2D eigenvalue weighted by molar-refractivity contribution is 9.10. The fourth-order valence-electron chi connectivity index (χ4n) is 7.37. The van der Waals surface area contributed by atoms with Gasteiger partial charge in [0, 0.05) is 10.9 Å². The molecule has 3 heterocycles. The lowest BCUT2D eigenvalue weighted by atomic mass is 9.69. The molecular formula is C34H37BrN4O3. The number of carbonyl (C=O) groups is 1.